The van der Waals surface area contributed by atoms with Crippen molar-refractivity contribution in [1.29, 1.82) is 0 Å². The van der Waals surface area contributed by atoms with Crippen LogP contribution in [0.25, 0.3) is 0 Å². The molecule has 140 valence electrons. The quantitative estimate of drug-likeness (QED) is 0.774. The fourth-order valence-corrected chi connectivity index (χ4v) is 5.33. The van der Waals surface area contributed by atoms with Crippen molar-refractivity contribution in [2.75, 3.05) is 19.3 Å². The van der Waals surface area contributed by atoms with Gasteiger partial charge in [0.15, 0.2) is 0 Å². The summed E-state index contributed by atoms with van der Waals surface area (Å²) in [4.78, 5) is 18.5. The Balaban J connectivity index is 1.66. The first-order valence-corrected chi connectivity index (χ1v) is 10.8. The van der Waals surface area contributed by atoms with Crippen LogP contribution in [0.1, 0.15) is 51.5 Å². The lowest BCUT2D eigenvalue weighted by molar-refractivity contribution is -0.134. The molecule has 2 heterocycles. The minimum atomic E-state index is -3.22. The first-order valence-electron chi connectivity index (χ1n) is 8.99. The van der Waals surface area contributed by atoms with Crippen LogP contribution in [0.15, 0.2) is 12.7 Å². The Labute approximate surface area is 149 Å². The summed E-state index contributed by atoms with van der Waals surface area (Å²) < 4.78 is 27.9. The topological polar surface area (TPSA) is 88.4 Å². The molecule has 9 heteroatoms. The molecule has 8 nitrogen and oxygen atoms in total. The molecule has 1 saturated carbocycles. The van der Waals surface area contributed by atoms with E-state index in [-0.39, 0.29) is 18.0 Å². The van der Waals surface area contributed by atoms with E-state index in [0.717, 1.165) is 32.1 Å². The number of sulfonamides is 1. The van der Waals surface area contributed by atoms with Gasteiger partial charge < -0.3 is 4.90 Å². The van der Waals surface area contributed by atoms with E-state index in [0.29, 0.717) is 19.5 Å². The molecule has 2 aliphatic rings. The van der Waals surface area contributed by atoms with Gasteiger partial charge in [0.05, 0.1) is 6.26 Å². The van der Waals surface area contributed by atoms with Crippen molar-refractivity contribution in [1.82, 2.24) is 24.0 Å². The molecule has 1 aromatic rings. The Hall–Kier alpha value is -1.48. The average Bonchev–Trinajstić information content (AvgIpc) is 2.94. The van der Waals surface area contributed by atoms with Crippen molar-refractivity contribution in [3.8, 4) is 0 Å². The monoisotopic (exact) mass is 369 g/mol. The van der Waals surface area contributed by atoms with Crippen LogP contribution < -0.4 is 0 Å². The third kappa shape index (κ3) is 4.03. The standard InChI is InChI=1S/C16H27N5O3S/c1-13(20-12-17-11-18-20)16(22)19-9-4-7-15(8-10-19)21(25(2,23)24)14-5-3-6-14/h11-15H,3-10H2,1-2H3/t13-,15-/m1/s1. The number of hydrogen-bond donors (Lipinski definition) is 0. The summed E-state index contributed by atoms with van der Waals surface area (Å²) in [5, 5.41) is 4.04. The van der Waals surface area contributed by atoms with Crippen molar-refractivity contribution >= 4 is 15.9 Å². The van der Waals surface area contributed by atoms with Crippen LogP contribution in [0.4, 0.5) is 0 Å². The lowest BCUT2D eigenvalue weighted by Crippen LogP contribution is -2.50. The Morgan fingerprint density at radius 2 is 1.84 bits per heavy atom. The van der Waals surface area contributed by atoms with Crippen molar-refractivity contribution in [3.05, 3.63) is 12.7 Å². The van der Waals surface area contributed by atoms with E-state index >= 15 is 0 Å². The van der Waals surface area contributed by atoms with Crippen LogP contribution in [-0.4, -0.2) is 69.7 Å². The molecule has 2 atom stereocenters. The first kappa shape index (κ1) is 18.3. The number of carbonyl (C=O) groups excluding carboxylic acids is 1. The summed E-state index contributed by atoms with van der Waals surface area (Å²) in [7, 11) is -3.22. The fraction of sp³-hybridized carbons (Fsp3) is 0.812. The van der Waals surface area contributed by atoms with Gasteiger partial charge in [0.25, 0.3) is 0 Å². The maximum absolute atomic E-state index is 12.7. The maximum atomic E-state index is 12.7. The number of amides is 1. The lowest BCUT2D eigenvalue weighted by atomic mass is 9.91. The average molecular weight is 369 g/mol. The first-order chi connectivity index (χ1) is 11.9. The normalized spacial score (nSPS) is 24.0. The molecule has 3 rings (SSSR count). The number of hydrogen-bond acceptors (Lipinski definition) is 5. The number of rotatable bonds is 5. The van der Waals surface area contributed by atoms with Crippen LogP contribution in [0.2, 0.25) is 0 Å². The molecule has 0 radical (unpaired) electrons. The van der Waals surface area contributed by atoms with E-state index in [2.05, 4.69) is 10.1 Å². The molecule has 1 aromatic heterocycles. The Bertz CT molecular complexity index is 687. The Kier molecular flexibility index (Phi) is 5.43. The van der Waals surface area contributed by atoms with E-state index in [9.17, 15) is 13.2 Å². The van der Waals surface area contributed by atoms with Crippen molar-refractivity contribution in [3.63, 3.8) is 0 Å². The van der Waals surface area contributed by atoms with E-state index < -0.39 is 16.1 Å². The molecule has 1 amide bonds. The zero-order valence-corrected chi connectivity index (χ0v) is 15.7. The van der Waals surface area contributed by atoms with Crippen LogP contribution in [0, 0.1) is 0 Å². The number of nitrogens with zero attached hydrogens (tertiary/aromatic N) is 5. The molecule has 25 heavy (non-hydrogen) atoms. The highest BCUT2D eigenvalue weighted by Gasteiger charge is 2.38. The van der Waals surface area contributed by atoms with Gasteiger partial charge in [-0.3, -0.25) is 4.79 Å². The van der Waals surface area contributed by atoms with Gasteiger partial charge in [-0.15, -0.1) is 0 Å². The minimum absolute atomic E-state index is 0.000207. The highest BCUT2D eigenvalue weighted by atomic mass is 32.2. The zero-order valence-electron chi connectivity index (χ0n) is 14.9. The van der Waals surface area contributed by atoms with Crippen molar-refractivity contribution in [2.45, 2.75) is 63.6 Å². The maximum Gasteiger partial charge on any atom is 0.247 e. The second-order valence-electron chi connectivity index (χ2n) is 7.14. The molecule has 1 aliphatic carbocycles. The molecule has 0 N–H and O–H groups in total. The van der Waals surface area contributed by atoms with E-state index in [1.807, 2.05) is 11.8 Å². The summed E-state index contributed by atoms with van der Waals surface area (Å²) in [6.45, 7) is 3.06. The Morgan fingerprint density at radius 3 is 2.40 bits per heavy atom. The van der Waals surface area contributed by atoms with Crippen LogP contribution in [0.5, 0.6) is 0 Å². The smallest absolute Gasteiger partial charge is 0.247 e. The van der Waals surface area contributed by atoms with Gasteiger partial charge >= 0.3 is 0 Å². The minimum Gasteiger partial charge on any atom is -0.341 e. The summed E-state index contributed by atoms with van der Waals surface area (Å²) in [6.07, 6.45) is 9.61. The molecule has 0 aromatic carbocycles. The molecule has 0 spiro atoms. The van der Waals surface area contributed by atoms with Crippen LogP contribution in [-0.2, 0) is 14.8 Å². The summed E-state index contributed by atoms with van der Waals surface area (Å²) >= 11 is 0. The lowest BCUT2D eigenvalue weighted by Gasteiger charge is -2.40. The highest BCUT2D eigenvalue weighted by molar-refractivity contribution is 7.88. The third-order valence-corrected chi connectivity index (χ3v) is 6.74. The highest BCUT2D eigenvalue weighted by Crippen LogP contribution is 2.32. The number of aromatic nitrogens is 3. The second kappa shape index (κ2) is 7.41. The number of likely N-dealkylation sites (tertiary alicyclic amines) is 1. The van der Waals surface area contributed by atoms with Crippen molar-refractivity contribution < 1.29 is 13.2 Å². The van der Waals surface area contributed by atoms with Gasteiger partial charge in [-0.05, 0) is 39.0 Å². The fourth-order valence-electron chi connectivity index (χ4n) is 3.83. The van der Waals surface area contributed by atoms with E-state index in [1.165, 1.54) is 12.6 Å². The molecule has 1 aliphatic heterocycles. The largest absolute Gasteiger partial charge is 0.341 e. The predicted molar refractivity (Wildman–Crippen MR) is 93.3 cm³/mol. The van der Waals surface area contributed by atoms with Crippen molar-refractivity contribution in [2.24, 2.45) is 0 Å². The molecular weight excluding hydrogens is 342 g/mol. The van der Waals surface area contributed by atoms with Gasteiger partial charge in [-0.25, -0.2) is 18.1 Å². The van der Waals surface area contributed by atoms with Gasteiger partial charge in [0, 0.05) is 25.2 Å². The predicted octanol–water partition coefficient (Wildman–Crippen LogP) is 1.03. The zero-order chi connectivity index (χ0) is 18.0. The molecule has 1 saturated heterocycles. The van der Waals surface area contributed by atoms with Crippen LogP contribution >= 0.6 is 0 Å². The molecular formula is C16H27N5O3S. The SMILES string of the molecule is C[C@H](C(=O)N1CCC[C@@H](N(C2CCC2)S(C)(=O)=O)CC1)n1cncn1. The molecule has 0 unspecified atom stereocenters. The van der Waals surface area contributed by atoms with Gasteiger partial charge in [-0.1, -0.05) is 6.42 Å². The molecule has 2 fully saturated rings. The van der Waals surface area contributed by atoms with E-state index in [1.54, 1.807) is 15.3 Å². The molecule has 0 bridgehead atoms. The Morgan fingerprint density at radius 1 is 1.16 bits per heavy atom. The summed E-state index contributed by atoms with van der Waals surface area (Å²) in [6, 6.07) is -0.243. The second-order valence-corrected chi connectivity index (χ2v) is 9.03. The summed E-state index contributed by atoms with van der Waals surface area (Å²) in [5.74, 6) is 0.0145. The van der Waals surface area contributed by atoms with Crippen LogP contribution in [0.3, 0.4) is 0 Å². The third-order valence-electron chi connectivity index (χ3n) is 5.38. The summed E-state index contributed by atoms with van der Waals surface area (Å²) in [5.41, 5.74) is 0. The number of carbonyl (C=O) groups is 1. The van der Waals surface area contributed by atoms with Gasteiger partial charge in [0.1, 0.15) is 18.7 Å². The van der Waals surface area contributed by atoms with Gasteiger partial charge in [0.2, 0.25) is 15.9 Å². The van der Waals surface area contributed by atoms with E-state index in [4.69, 9.17) is 0 Å². The van der Waals surface area contributed by atoms with Gasteiger partial charge in [-0.2, -0.15) is 9.40 Å².